The number of rotatable bonds is 6. The van der Waals surface area contributed by atoms with Crippen LogP contribution in [0.25, 0.3) is 0 Å². The third-order valence-corrected chi connectivity index (χ3v) is 4.21. The molecule has 0 amide bonds. The summed E-state index contributed by atoms with van der Waals surface area (Å²) in [4.78, 5) is 21.7. The minimum Gasteiger partial charge on any atom is -0.293 e. The quantitative estimate of drug-likeness (QED) is 0.451. The fourth-order valence-corrected chi connectivity index (χ4v) is 3.32. The van der Waals surface area contributed by atoms with E-state index in [4.69, 9.17) is 0 Å². The third-order valence-electron chi connectivity index (χ3n) is 2.34. The van der Waals surface area contributed by atoms with E-state index >= 15 is 0 Å². The van der Waals surface area contributed by atoms with Gasteiger partial charge in [-0.3, -0.25) is 14.9 Å². The van der Waals surface area contributed by atoms with Gasteiger partial charge in [-0.2, -0.15) is 0 Å². The van der Waals surface area contributed by atoms with Crippen LogP contribution in [0.5, 0.6) is 0 Å². The van der Waals surface area contributed by atoms with Crippen LogP contribution in [0.15, 0.2) is 24.3 Å². The van der Waals surface area contributed by atoms with Crippen LogP contribution >= 0.6 is 0 Å². The third kappa shape index (κ3) is 4.78. The Morgan fingerprint density at radius 3 is 2.21 bits per heavy atom. The SMILES string of the molecule is CC(C)CS(=O)(=O)CC(=O)c1ccc([N+](=O)[O-])cc1. The zero-order chi connectivity index (χ0) is 14.6. The molecule has 0 saturated carbocycles. The van der Waals surface area contributed by atoms with Crippen LogP contribution < -0.4 is 0 Å². The fraction of sp³-hybridized carbons (Fsp3) is 0.417. The van der Waals surface area contributed by atoms with Gasteiger partial charge in [0, 0.05) is 17.7 Å². The van der Waals surface area contributed by atoms with Crippen LogP contribution in [0.3, 0.4) is 0 Å². The van der Waals surface area contributed by atoms with Crippen LogP contribution in [0, 0.1) is 16.0 Å². The van der Waals surface area contributed by atoms with Gasteiger partial charge in [-0.1, -0.05) is 13.8 Å². The second-order valence-electron chi connectivity index (χ2n) is 4.68. The molecule has 1 aromatic carbocycles. The number of hydrogen-bond donors (Lipinski definition) is 0. The van der Waals surface area contributed by atoms with Gasteiger partial charge in [0.2, 0.25) is 0 Å². The molecule has 0 aromatic heterocycles. The lowest BCUT2D eigenvalue weighted by atomic mass is 10.1. The van der Waals surface area contributed by atoms with E-state index in [1.54, 1.807) is 13.8 Å². The number of non-ortho nitro benzene ring substituents is 1. The van der Waals surface area contributed by atoms with Crippen LogP contribution in [0.2, 0.25) is 0 Å². The lowest BCUT2D eigenvalue weighted by Gasteiger charge is -2.06. The summed E-state index contributed by atoms with van der Waals surface area (Å²) < 4.78 is 23.3. The van der Waals surface area contributed by atoms with Crippen LogP contribution in [0.4, 0.5) is 5.69 Å². The average molecular weight is 285 g/mol. The van der Waals surface area contributed by atoms with E-state index in [0.29, 0.717) is 0 Å². The largest absolute Gasteiger partial charge is 0.293 e. The molecule has 19 heavy (non-hydrogen) atoms. The molecule has 0 aliphatic rings. The Morgan fingerprint density at radius 1 is 1.26 bits per heavy atom. The maximum Gasteiger partial charge on any atom is 0.269 e. The second kappa shape index (κ2) is 5.92. The molecule has 0 N–H and O–H groups in total. The minimum atomic E-state index is -3.44. The number of carbonyl (C=O) groups is 1. The molecule has 0 bridgehead atoms. The van der Waals surface area contributed by atoms with Crippen molar-refractivity contribution < 1.29 is 18.1 Å². The molecular weight excluding hydrogens is 270 g/mol. The molecule has 104 valence electrons. The standard InChI is InChI=1S/C12H15NO5S/c1-9(2)7-19(17,18)8-12(14)10-3-5-11(6-4-10)13(15)16/h3-6,9H,7-8H2,1-2H3. The van der Waals surface area contributed by atoms with Gasteiger partial charge >= 0.3 is 0 Å². The fourth-order valence-electron chi connectivity index (χ4n) is 1.62. The first-order chi connectivity index (χ1) is 8.71. The van der Waals surface area contributed by atoms with E-state index in [1.807, 2.05) is 0 Å². The summed E-state index contributed by atoms with van der Waals surface area (Å²) in [6.45, 7) is 3.52. The normalized spacial score (nSPS) is 11.5. The number of nitrogens with zero attached hydrogens (tertiary/aromatic N) is 1. The average Bonchev–Trinajstić information content (AvgIpc) is 2.26. The van der Waals surface area contributed by atoms with Crippen LogP contribution in [0.1, 0.15) is 24.2 Å². The highest BCUT2D eigenvalue weighted by atomic mass is 32.2. The topological polar surface area (TPSA) is 94.3 Å². The summed E-state index contributed by atoms with van der Waals surface area (Å²) in [7, 11) is -3.44. The van der Waals surface area contributed by atoms with E-state index in [1.165, 1.54) is 24.3 Å². The number of nitro groups is 1. The van der Waals surface area contributed by atoms with Crippen LogP contribution in [-0.2, 0) is 9.84 Å². The van der Waals surface area contributed by atoms with Gasteiger partial charge in [-0.15, -0.1) is 0 Å². The predicted molar refractivity (Wildman–Crippen MR) is 70.9 cm³/mol. The summed E-state index contributed by atoms with van der Waals surface area (Å²) >= 11 is 0. The highest BCUT2D eigenvalue weighted by molar-refractivity contribution is 7.92. The number of carbonyl (C=O) groups excluding carboxylic acids is 1. The van der Waals surface area contributed by atoms with Gasteiger partial charge in [0.05, 0.1) is 10.7 Å². The van der Waals surface area contributed by atoms with Crippen molar-refractivity contribution in [1.29, 1.82) is 0 Å². The molecule has 0 heterocycles. The van der Waals surface area contributed by atoms with E-state index < -0.39 is 26.3 Å². The summed E-state index contributed by atoms with van der Waals surface area (Å²) in [5.41, 5.74) is 0.0273. The predicted octanol–water partition coefficient (Wildman–Crippen LogP) is 1.85. The van der Waals surface area contributed by atoms with Gasteiger partial charge in [-0.25, -0.2) is 8.42 Å². The monoisotopic (exact) mass is 285 g/mol. The summed E-state index contributed by atoms with van der Waals surface area (Å²) in [6, 6.07) is 4.90. The van der Waals surface area contributed by atoms with Crippen LogP contribution in [-0.4, -0.2) is 30.6 Å². The highest BCUT2D eigenvalue weighted by Crippen LogP contribution is 2.13. The first-order valence-corrected chi connectivity index (χ1v) is 7.51. The van der Waals surface area contributed by atoms with Gasteiger partial charge in [0.15, 0.2) is 15.6 Å². The first-order valence-electron chi connectivity index (χ1n) is 5.69. The van der Waals surface area contributed by atoms with Gasteiger partial charge in [0.25, 0.3) is 5.69 Å². The maximum absolute atomic E-state index is 11.8. The van der Waals surface area contributed by atoms with E-state index in [-0.39, 0.29) is 22.9 Å². The zero-order valence-electron chi connectivity index (χ0n) is 10.7. The summed E-state index contributed by atoms with van der Waals surface area (Å²) in [6.07, 6.45) is 0. The van der Waals surface area contributed by atoms with Crippen molar-refractivity contribution in [3.63, 3.8) is 0 Å². The van der Waals surface area contributed by atoms with Crippen molar-refractivity contribution in [1.82, 2.24) is 0 Å². The Balaban J connectivity index is 2.81. The molecule has 1 rings (SSSR count). The molecule has 0 radical (unpaired) electrons. The smallest absolute Gasteiger partial charge is 0.269 e. The van der Waals surface area contributed by atoms with Crippen molar-refractivity contribution in [3.8, 4) is 0 Å². The zero-order valence-corrected chi connectivity index (χ0v) is 11.5. The number of hydrogen-bond acceptors (Lipinski definition) is 5. The Kier molecular flexibility index (Phi) is 4.77. The molecule has 0 atom stereocenters. The van der Waals surface area contributed by atoms with Gasteiger partial charge in [-0.05, 0) is 18.1 Å². The molecule has 0 saturated heterocycles. The first kappa shape index (κ1) is 15.3. The molecule has 0 unspecified atom stereocenters. The van der Waals surface area contributed by atoms with Crippen molar-refractivity contribution in [3.05, 3.63) is 39.9 Å². The lowest BCUT2D eigenvalue weighted by Crippen LogP contribution is -2.21. The molecule has 1 aromatic rings. The van der Waals surface area contributed by atoms with Gasteiger partial charge in [0.1, 0.15) is 5.75 Å². The highest BCUT2D eigenvalue weighted by Gasteiger charge is 2.19. The Hall–Kier alpha value is -1.76. The lowest BCUT2D eigenvalue weighted by molar-refractivity contribution is -0.384. The number of Topliss-reactive ketones (excluding diaryl/α,β-unsaturated/α-hetero) is 1. The summed E-state index contributed by atoms with van der Waals surface area (Å²) in [5, 5.41) is 10.5. The van der Waals surface area contributed by atoms with Gasteiger partial charge < -0.3 is 0 Å². The molecule has 6 nitrogen and oxygen atoms in total. The number of benzene rings is 1. The Bertz CT molecular complexity index is 575. The maximum atomic E-state index is 11.8. The molecule has 0 aliphatic carbocycles. The molecule has 0 fully saturated rings. The van der Waals surface area contributed by atoms with Crippen molar-refractivity contribution >= 4 is 21.3 Å². The minimum absolute atomic E-state index is 0.0466. The van der Waals surface area contributed by atoms with E-state index in [9.17, 15) is 23.3 Å². The Morgan fingerprint density at radius 2 is 1.79 bits per heavy atom. The number of nitro benzene ring substituents is 1. The number of sulfone groups is 1. The van der Waals surface area contributed by atoms with E-state index in [0.717, 1.165) is 0 Å². The van der Waals surface area contributed by atoms with Crippen molar-refractivity contribution in [2.45, 2.75) is 13.8 Å². The Labute approximate surface area is 111 Å². The molecule has 0 spiro atoms. The van der Waals surface area contributed by atoms with E-state index in [2.05, 4.69) is 0 Å². The van der Waals surface area contributed by atoms with Crippen molar-refractivity contribution in [2.75, 3.05) is 11.5 Å². The second-order valence-corrected chi connectivity index (χ2v) is 6.78. The number of ketones is 1. The molecular formula is C12H15NO5S. The molecule has 0 aliphatic heterocycles. The molecule has 7 heteroatoms. The van der Waals surface area contributed by atoms with Crippen molar-refractivity contribution in [2.24, 2.45) is 5.92 Å². The summed E-state index contributed by atoms with van der Waals surface area (Å²) in [5.74, 6) is -1.21.